The fraction of sp³-hybridized carbons (Fsp3) is 0.318. The average molecular weight is 416 g/mol. The molecule has 0 radical (unpaired) electrons. The fourth-order valence-corrected chi connectivity index (χ4v) is 4.49. The van der Waals surface area contributed by atoms with Gasteiger partial charge in [0.05, 0.1) is 10.7 Å². The summed E-state index contributed by atoms with van der Waals surface area (Å²) in [5, 5.41) is 5.06. The van der Waals surface area contributed by atoms with E-state index in [1.807, 2.05) is 23.7 Å². The minimum atomic E-state index is -0.157. The lowest BCUT2D eigenvalue weighted by atomic mass is 10.1. The number of aryl methyl sites for hydroxylation is 1. The Kier molecular flexibility index (Phi) is 5.63. The van der Waals surface area contributed by atoms with Crippen LogP contribution in [0.15, 0.2) is 42.5 Å². The number of aromatic nitrogens is 1. The zero-order chi connectivity index (χ0) is 19.7. The lowest BCUT2D eigenvalue weighted by Crippen LogP contribution is -2.30. The normalized spacial score (nSPS) is 15.1. The second kappa shape index (κ2) is 8.16. The SMILES string of the molecule is Cn1c(C(=O)Nc2ccc(Cl)cc2Cl)c(CN2CCCCC2)c2ccccc21. The van der Waals surface area contributed by atoms with Crippen LogP contribution in [0.5, 0.6) is 0 Å². The largest absolute Gasteiger partial charge is 0.339 e. The van der Waals surface area contributed by atoms with Crippen molar-refractivity contribution >= 4 is 45.7 Å². The summed E-state index contributed by atoms with van der Waals surface area (Å²) in [5.74, 6) is -0.157. The van der Waals surface area contributed by atoms with Crippen LogP contribution in [0.1, 0.15) is 35.3 Å². The van der Waals surface area contributed by atoms with E-state index in [1.54, 1.807) is 18.2 Å². The third-order valence-electron chi connectivity index (χ3n) is 5.44. The Labute approximate surface area is 175 Å². The molecule has 1 saturated heterocycles. The molecule has 1 aromatic heterocycles. The lowest BCUT2D eigenvalue weighted by Gasteiger charge is -2.26. The number of halogens is 2. The van der Waals surface area contributed by atoms with Crippen molar-refractivity contribution in [2.45, 2.75) is 25.8 Å². The highest BCUT2D eigenvalue weighted by molar-refractivity contribution is 6.36. The number of fused-ring (bicyclic) bond motifs is 1. The number of nitrogens with one attached hydrogen (secondary N) is 1. The Morgan fingerprint density at radius 1 is 1.07 bits per heavy atom. The molecule has 1 aliphatic heterocycles. The predicted molar refractivity (Wildman–Crippen MR) is 116 cm³/mol. The third kappa shape index (κ3) is 3.77. The van der Waals surface area contributed by atoms with Gasteiger partial charge in [0.15, 0.2) is 0 Å². The quantitative estimate of drug-likeness (QED) is 0.590. The Balaban J connectivity index is 1.73. The standard InChI is InChI=1S/C22H23Cl2N3O/c1-26-20-8-4-3-7-16(20)17(14-27-11-5-2-6-12-27)21(26)22(28)25-19-10-9-15(23)13-18(19)24/h3-4,7-10,13H,2,5-6,11-12,14H2,1H3,(H,25,28). The zero-order valence-corrected chi connectivity index (χ0v) is 17.4. The van der Waals surface area contributed by atoms with Crippen molar-refractivity contribution in [1.29, 1.82) is 0 Å². The maximum absolute atomic E-state index is 13.3. The topological polar surface area (TPSA) is 37.3 Å². The predicted octanol–water partition coefficient (Wildman–Crippen LogP) is 5.72. The van der Waals surface area contributed by atoms with E-state index in [4.69, 9.17) is 23.2 Å². The number of benzene rings is 2. The van der Waals surface area contributed by atoms with Crippen LogP contribution in [-0.2, 0) is 13.6 Å². The smallest absolute Gasteiger partial charge is 0.272 e. The van der Waals surface area contributed by atoms with Gasteiger partial charge in [-0.3, -0.25) is 9.69 Å². The van der Waals surface area contributed by atoms with Crippen molar-refractivity contribution in [2.24, 2.45) is 7.05 Å². The Bertz CT molecular complexity index is 1020. The number of likely N-dealkylation sites (tertiary alicyclic amines) is 1. The summed E-state index contributed by atoms with van der Waals surface area (Å²) in [7, 11) is 1.94. The Hall–Kier alpha value is -2.01. The summed E-state index contributed by atoms with van der Waals surface area (Å²) in [5.41, 5.74) is 3.37. The molecule has 3 aromatic rings. The second-order valence-electron chi connectivity index (χ2n) is 7.32. The van der Waals surface area contributed by atoms with Gasteiger partial charge in [-0.05, 0) is 50.2 Å². The van der Waals surface area contributed by atoms with E-state index in [1.165, 1.54) is 19.3 Å². The van der Waals surface area contributed by atoms with Gasteiger partial charge in [0.2, 0.25) is 0 Å². The zero-order valence-electron chi connectivity index (χ0n) is 15.8. The average Bonchev–Trinajstić information content (AvgIpc) is 2.97. The van der Waals surface area contributed by atoms with E-state index in [9.17, 15) is 4.79 Å². The van der Waals surface area contributed by atoms with Crippen LogP contribution in [0.4, 0.5) is 5.69 Å². The molecule has 1 amide bonds. The van der Waals surface area contributed by atoms with Gasteiger partial charge >= 0.3 is 0 Å². The molecule has 1 N–H and O–H groups in total. The Morgan fingerprint density at radius 2 is 1.82 bits per heavy atom. The van der Waals surface area contributed by atoms with E-state index in [-0.39, 0.29) is 5.91 Å². The fourth-order valence-electron chi connectivity index (χ4n) is 4.03. The molecule has 6 heteroatoms. The molecule has 0 unspecified atom stereocenters. The number of hydrogen-bond acceptors (Lipinski definition) is 2. The van der Waals surface area contributed by atoms with Crippen molar-refractivity contribution in [2.75, 3.05) is 18.4 Å². The number of carbonyl (C=O) groups excluding carboxylic acids is 1. The molecular weight excluding hydrogens is 393 g/mol. The third-order valence-corrected chi connectivity index (χ3v) is 5.98. The molecular formula is C22H23Cl2N3O. The van der Waals surface area contributed by atoms with Crippen LogP contribution in [0.2, 0.25) is 10.0 Å². The minimum absolute atomic E-state index is 0.157. The van der Waals surface area contributed by atoms with Crippen molar-refractivity contribution in [3.05, 3.63) is 63.8 Å². The Morgan fingerprint density at radius 3 is 2.57 bits per heavy atom. The van der Waals surface area contributed by atoms with Crippen molar-refractivity contribution in [1.82, 2.24) is 9.47 Å². The molecule has 0 saturated carbocycles. The van der Waals surface area contributed by atoms with Gasteiger partial charge in [0.1, 0.15) is 5.69 Å². The number of hydrogen-bond donors (Lipinski definition) is 1. The van der Waals surface area contributed by atoms with E-state index in [2.05, 4.69) is 22.3 Å². The molecule has 0 aliphatic carbocycles. The van der Waals surface area contributed by atoms with Gasteiger partial charge in [-0.1, -0.05) is 47.8 Å². The first kappa shape index (κ1) is 19.3. The number of para-hydroxylation sites is 1. The summed E-state index contributed by atoms with van der Waals surface area (Å²) in [6.45, 7) is 2.93. The number of anilines is 1. The molecule has 28 heavy (non-hydrogen) atoms. The van der Waals surface area contributed by atoms with Crippen LogP contribution >= 0.6 is 23.2 Å². The molecule has 146 valence electrons. The number of nitrogens with zero attached hydrogens (tertiary/aromatic N) is 2. The minimum Gasteiger partial charge on any atom is -0.339 e. The molecule has 4 nitrogen and oxygen atoms in total. The number of carbonyl (C=O) groups is 1. The summed E-state index contributed by atoms with van der Waals surface area (Å²) in [6, 6.07) is 13.3. The van der Waals surface area contributed by atoms with Gasteiger partial charge < -0.3 is 9.88 Å². The summed E-state index contributed by atoms with van der Waals surface area (Å²) in [4.78, 5) is 15.7. The van der Waals surface area contributed by atoms with E-state index < -0.39 is 0 Å². The first-order chi connectivity index (χ1) is 13.5. The number of piperidine rings is 1. The van der Waals surface area contributed by atoms with E-state index in [0.29, 0.717) is 21.4 Å². The first-order valence-corrected chi connectivity index (χ1v) is 10.4. The first-order valence-electron chi connectivity index (χ1n) is 9.59. The highest BCUT2D eigenvalue weighted by atomic mass is 35.5. The molecule has 2 aromatic carbocycles. The van der Waals surface area contributed by atoms with Crippen LogP contribution in [0.25, 0.3) is 10.9 Å². The van der Waals surface area contributed by atoms with Crippen molar-refractivity contribution in [3.63, 3.8) is 0 Å². The van der Waals surface area contributed by atoms with Crippen LogP contribution < -0.4 is 5.32 Å². The van der Waals surface area contributed by atoms with E-state index in [0.717, 1.165) is 36.1 Å². The van der Waals surface area contributed by atoms with Gasteiger partial charge in [-0.15, -0.1) is 0 Å². The maximum Gasteiger partial charge on any atom is 0.272 e. The van der Waals surface area contributed by atoms with Crippen LogP contribution in [-0.4, -0.2) is 28.5 Å². The highest BCUT2D eigenvalue weighted by Gasteiger charge is 2.23. The monoisotopic (exact) mass is 415 g/mol. The maximum atomic E-state index is 13.3. The molecule has 1 aliphatic rings. The van der Waals surface area contributed by atoms with Crippen LogP contribution in [0.3, 0.4) is 0 Å². The van der Waals surface area contributed by atoms with Gasteiger partial charge in [0.25, 0.3) is 5.91 Å². The molecule has 0 spiro atoms. The second-order valence-corrected chi connectivity index (χ2v) is 8.16. The number of rotatable bonds is 4. The highest BCUT2D eigenvalue weighted by Crippen LogP contribution is 2.30. The summed E-state index contributed by atoms with van der Waals surface area (Å²) >= 11 is 12.2. The molecule has 1 fully saturated rings. The van der Waals surface area contributed by atoms with Crippen molar-refractivity contribution in [3.8, 4) is 0 Å². The molecule has 0 atom stereocenters. The van der Waals surface area contributed by atoms with E-state index >= 15 is 0 Å². The lowest BCUT2D eigenvalue weighted by molar-refractivity contribution is 0.101. The molecule has 2 heterocycles. The number of amides is 1. The van der Waals surface area contributed by atoms with Crippen LogP contribution in [0, 0.1) is 0 Å². The summed E-state index contributed by atoms with van der Waals surface area (Å²) < 4.78 is 1.98. The van der Waals surface area contributed by atoms with Gasteiger partial charge in [-0.25, -0.2) is 0 Å². The van der Waals surface area contributed by atoms with Gasteiger partial charge in [-0.2, -0.15) is 0 Å². The summed E-state index contributed by atoms with van der Waals surface area (Å²) in [6.07, 6.45) is 3.72. The van der Waals surface area contributed by atoms with Crippen molar-refractivity contribution < 1.29 is 4.79 Å². The van der Waals surface area contributed by atoms with Gasteiger partial charge in [0, 0.05) is 35.1 Å². The molecule has 0 bridgehead atoms. The molecule has 4 rings (SSSR count).